The normalized spacial score (nSPS) is 13.5. The molecule has 4 rings (SSSR count). The molecular formula is C23H13Cl3FN3O3. The molecule has 0 radical (unpaired) electrons. The Hall–Kier alpha value is -3.39. The number of anilines is 3. The van der Waals surface area contributed by atoms with Crippen LogP contribution >= 0.6 is 34.8 Å². The van der Waals surface area contributed by atoms with E-state index in [0.717, 1.165) is 4.90 Å². The minimum Gasteiger partial charge on any atom is -0.350 e. The van der Waals surface area contributed by atoms with Gasteiger partial charge in [-0.25, -0.2) is 9.29 Å². The fraction of sp³-hybridized carbons (Fsp3) is 0. The molecule has 3 amide bonds. The zero-order valence-corrected chi connectivity index (χ0v) is 18.8. The fourth-order valence-electron chi connectivity index (χ4n) is 3.13. The number of carbonyl (C=O) groups is 3. The third kappa shape index (κ3) is 4.57. The highest BCUT2D eigenvalue weighted by Crippen LogP contribution is 2.35. The number of benzene rings is 3. The molecule has 1 heterocycles. The van der Waals surface area contributed by atoms with Gasteiger partial charge in [0.2, 0.25) is 0 Å². The predicted octanol–water partition coefficient (Wildman–Crippen LogP) is 5.82. The van der Waals surface area contributed by atoms with Crippen molar-refractivity contribution in [1.82, 2.24) is 0 Å². The molecule has 0 aliphatic carbocycles. The maximum Gasteiger partial charge on any atom is 0.283 e. The van der Waals surface area contributed by atoms with E-state index in [-0.39, 0.29) is 37.7 Å². The van der Waals surface area contributed by atoms with Gasteiger partial charge in [0, 0.05) is 16.3 Å². The van der Waals surface area contributed by atoms with Gasteiger partial charge in [0.25, 0.3) is 17.7 Å². The molecule has 0 atom stereocenters. The Morgan fingerprint density at radius 1 is 0.879 bits per heavy atom. The van der Waals surface area contributed by atoms with Crippen LogP contribution in [0.4, 0.5) is 21.5 Å². The molecule has 3 aromatic carbocycles. The zero-order valence-electron chi connectivity index (χ0n) is 16.5. The summed E-state index contributed by atoms with van der Waals surface area (Å²) in [5, 5.41) is 5.32. The first kappa shape index (κ1) is 22.8. The summed E-state index contributed by atoms with van der Waals surface area (Å²) in [5.41, 5.74) is 0.421. The summed E-state index contributed by atoms with van der Waals surface area (Å²) < 4.78 is 13.8. The molecular weight excluding hydrogens is 492 g/mol. The molecule has 33 heavy (non-hydrogen) atoms. The Bertz CT molecular complexity index is 1340. The quantitative estimate of drug-likeness (QED) is 0.429. The van der Waals surface area contributed by atoms with Gasteiger partial charge in [-0.2, -0.15) is 0 Å². The van der Waals surface area contributed by atoms with Gasteiger partial charge >= 0.3 is 0 Å². The van der Waals surface area contributed by atoms with Crippen LogP contribution < -0.4 is 15.5 Å². The molecule has 10 heteroatoms. The Morgan fingerprint density at radius 3 is 2.39 bits per heavy atom. The van der Waals surface area contributed by atoms with Gasteiger partial charge in [-0.15, -0.1) is 0 Å². The number of hydrogen-bond donors (Lipinski definition) is 2. The number of imide groups is 1. The lowest BCUT2D eigenvalue weighted by Crippen LogP contribution is -2.32. The average molecular weight is 505 g/mol. The van der Waals surface area contributed by atoms with Gasteiger partial charge in [-0.1, -0.05) is 53.0 Å². The van der Waals surface area contributed by atoms with Crippen molar-refractivity contribution in [2.24, 2.45) is 0 Å². The lowest BCUT2D eigenvalue weighted by Gasteiger charge is -2.17. The zero-order chi connectivity index (χ0) is 23.7. The van der Waals surface area contributed by atoms with E-state index < -0.39 is 23.5 Å². The van der Waals surface area contributed by atoms with Gasteiger partial charge in [0.1, 0.15) is 16.5 Å². The van der Waals surface area contributed by atoms with Crippen LogP contribution in [0.1, 0.15) is 10.4 Å². The van der Waals surface area contributed by atoms with Crippen molar-refractivity contribution in [3.63, 3.8) is 0 Å². The van der Waals surface area contributed by atoms with E-state index in [1.807, 2.05) is 0 Å². The number of carbonyl (C=O) groups excluding carboxylic acids is 3. The van der Waals surface area contributed by atoms with Crippen LogP contribution in [0.15, 0.2) is 77.5 Å². The fourth-order valence-corrected chi connectivity index (χ4v) is 3.71. The van der Waals surface area contributed by atoms with E-state index in [1.165, 1.54) is 48.5 Å². The lowest BCUT2D eigenvalue weighted by molar-refractivity contribution is -0.120. The molecule has 6 nitrogen and oxygen atoms in total. The molecule has 1 aliphatic rings. The number of amides is 3. The van der Waals surface area contributed by atoms with Crippen LogP contribution in [0.5, 0.6) is 0 Å². The Labute approximate surface area is 202 Å². The van der Waals surface area contributed by atoms with Crippen molar-refractivity contribution in [3.05, 3.63) is 98.9 Å². The molecule has 0 aromatic heterocycles. The predicted molar refractivity (Wildman–Crippen MR) is 126 cm³/mol. The van der Waals surface area contributed by atoms with Gasteiger partial charge in [-0.3, -0.25) is 14.4 Å². The van der Waals surface area contributed by atoms with Gasteiger partial charge < -0.3 is 10.6 Å². The molecule has 0 bridgehead atoms. The topological polar surface area (TPSA) is 78.5 Å². The highest BCUT2D eigenvalue weighted by atomic mass is 35.5. The van der Waals surface area contributed by atoms with Crippen LogP contribution in [0.3, 0.4) is 0 Å². The summed E-state index contributed by atoms with van der Waals surface area (Å²) >= 11 is 18.3. The standard InChI is InChI=1S/C23H13Cl3FN3O3/c24-13-8-9-15(25)18(11-13)30-22(32)19(26)20(23(30)33)28-14-5-3-4-12(10-14)21(31)29-17-7-2-1-6-16(17)27/h1-11,28H,(H,29,31). The maximum absolute atomic E-state index is 13.8. The molecule has 0 saturated carbocycles. The van der Waals surface area contributed by atoms with Crippen molar-refractivity contribution in [1.29, 1.82) is 0 Å². The first-order valence-electron chi connectivity index (χ1n) is 9.43. The molecule has 3 aromatic rings. The lowest BCUT2D eigenvalue weighted by atomic mass is 10.1. The number of hydrogen-bond acceptors (Lipinski definition) is 4. The monoisotopic (exact) mass is 503 g/mol. The van der Waals surface area contributed by atoms with Gasteiger partial charge in [0.05, 0.1) is 16.4 Å². The van der Waals surface area contributed by atoms with E-state index in [0.29, 0.717) is 5.69 Å². The third-order valence-electron chi connectivity index (χ3n) is 4.69. The summed E-state index contributed by atoms with van der Waals surface area (Å²) in [7, 11) is 0. The molecule has 0 spiro atoms. The van der Waals surface area contributed by atoms with Crippen molar-refractivity contribution in [2.45, 2.75) is 0 Å². The Kier molecular flexibility index (Phi) is 6.37. The SMILES string of the molecule is O=C(Nc1ccccc1F)c1cccc(NC2=C(Cl)C(=O)N(c3cc(Cl)ccc3Cl)C2=O)c1. The minimum absolute atomic E-state index is 0.0252. The first-order valence-corrected chi connectivity index (χ1v) is 10.6. The average Bonchev–Trinajstić information content (AvgIpc) is 3.00. The number of halogens is 4. The summed E-state index contributed by atoms with van der Waals surface area (Å²) in [6.07, 6.45) is 0. The number of rotatable bonds is 5. The summed E-state index contributed by atoms with van der Waals surface area (Å²) in [6.45, 7) is 0. The summed E-state index contributed by atoms with van der Waals surface area (Å²) in [4.78, 5) is 39.0. The van der Waals surface area contributed by atoms with E-state index in [1.54, 1.807) is 18.2 Å². The molecule has 0 saturated heterocycles. The van der Waals surface area contributed by atoms with Gasteiger partial charge in [0.15, 0.2) is 0 Å². The number of para-hydroxylation sites is 1. The second kappa shape index (κ2) is 9.23. The second-order valence-corrected chi connectivity index (χ2v) is 8.09. The van der Waals surface area contributed by atoms with Crippen LogP contribution in [-0.4, -0.2) is 17.7 Å². The highest BCUT2D eigenvalue weighted by molar-refractivity contribution is 6.54. The third-order valence-corrected chi connectivity index (χ3v) is 5.60. The second-order valence-electron chi connectivity index (χ2n) is 6.87. The molecule has 2 N–H and O–H groups in total. The smallest absolute Gasteiger partial charge is 0.283 e. The van der Waals surface area contributed by atoms with Crippen LogP contribution in [-0.2, 0) is 9.59 Å². The van der Waals surface area contributed by atoms with E-state index in [2.05, 4.69) is 10.6 Å². The van der Waals surface area contributed by atoms with Gasteiger partial charge in [-0.05, 0) is 48.5 Å². The van der Waals surface area contributed by atoms with Crippen molar-refractivity contribution in [2.75, 3.05) is 15.5 Å². The van der Waals surface area contributed by atoms with Crippen LogP contribution in [0.25, 0.3) is 0 Å². The summed E-state index contributed by atoms with van der Waals surface area (Å²) in [5.74, 6) is -2.66. The Morgan fingerprint density at radius 2 is 1.64 bits per heavy atom. The number of nitrogens with one attached hydrogen (secondary N) is 2. The molecule has 0 fully saturated rings. The van der Waals surface area contributed by atoms with E-state index in [4.69, 9.17) is 34.8 Å². The number of nitrogens with zero attached hydrogens (tertiary/aromatic N) is 1. The van der Waals surface area contributed by atoms with Crippen molar-refractivity contribution < 1.29 is 18.8 Å². The molecule has 0 unspecified atom stereocenters. The van der Waals surface area contributed by atoms with Crippen molar-refractivity contribution in [3.8, 4) is 0 Å². The van der Waals surface area contributed by atoms with Crippen LogP contribution in [0.2, 0.25) is 10.0 Å². The van der Waals surface area contributed by atoms with E-state index in [9.17, 15) is 18.8 Å². The minimum atomic E-state index is -0.776. The molecule has 1 aliphatic heterocycles. The molecule has 166 valence electrons. The van der Waals surface area contributed by atoms with E-state index >= 15 is 0 Å². The maximum atomic E-state index is 13.8. The Balaban J connectivity index is 1.57. The van der Waals surface area contributed by atoms with Crippen molar-refractivity contribution >= 4 is 69.6 Å². The first-order chi connectivity index (χ1) is 15.8. The summed E-state index contributed by atoms with van der Waals surface area (Å²) in [6, 6.07) is 16.2. The van der Waals surface area contributed by atoms with Crippen LogP contribution in [0, 0.1) is 5.82 Å². The highest BCUT2D eigenvalue weighted by Gasteiger charge is 2.40. The largest absolute Gasteiger partial charge is 0.350 e.